The molecule has 1 heterocycles. The Labute approximate surface area is 158 Å². The van der Waals surface area contributed by atoms with Crippen molar-refractivity contribution >= 4 is 11.6 Å². The van der Waals surface area contributed by atoms with Crippen molar-refractivity contribution in [1.29, 1.82) is 0 Å². The first-order valence-corrected chi connectivity index (χ1v) is 8.74. The highest BCUT2D eigenvalue weighted by molar-refractivity contribution is 6.02. The Kier molecular flexibility index (Phi) is 5.21. The van der Waals surface area contributed by atoms with Crippen LogP contribution in [-0.2, 0) is 12.0 Å². The van der Waals surface area contributed by atoms with E-state index in [4.69, 9.17) is 9.15 Å². The third kappa shape index (κ3) is 4.91. The maximum Gasteiger partial charge on any atom is 0.291 e. The maximum atomic E-state index is 12.2. The van der Waals surface area contributed by atoms with Gasteiger partial charge in [0.25, 0.3) is 5.91 Å². The summed E-state index contributed by atoms with van der Waals surface area (Å²) >= 11 is 0. The zero-order valence-corrected chi connectivity index (χ0v) is 15.7. The summed E-state index contributed by atoms with van der Waals surface area (Å²) in [4.78, 5) is 12.2. The minimum Gasteiger partial charge on any atom is -0.508 e. The van der Waals surface area contributed by atoms with Crippen molar-refractivity contribution in [3.05, 3.63) is 77.7 Å². The first-order chi connectivity index (χ1) is 12.8. The lowest BCUT2D eigenvalue weighted by Gasteiger charge is -2.19. The van der Waals surface area contributed by atoms with Crippen molar-refractivity contribution in [2.75, 3.05) is 5.32 Å². The molecule has 0 aliphatic heterocycles. The Balaban J connectivity index is 1.58. The maximum absolute atomic E-state index is 12.2. The summed E-state index contributed by atoms with van der Waals surface area (Å²) in [6, 6.07) is 17.6. The highest BCUT2D eigenvalue weighted by Gasteiger charge is 2.14. The summed E-state index contributed by atoms with van der Waals surface area (Å²) in [5.41, 5.74) is 1.82. The molecule has 3 aromatic rings. The second-order valence-corrected chi connectivity index (χ2v) is 7.33. The van der Waals surface area contributed by atoms with Gasteiger partial charge in [-0.3, -0.25) is 4.79 Å². The molecule has 0 saturated heterocycles. The number of amides is 1. The summed E-state index contributed by atoms with van der Waals surface area (Å²) < 4.78 is 11.3. The molecule has 0 bridgehead atoms. The minimum atomic E-state index is -0.388. The molecular weight excluding hydrogens is 342 g/mol. The number of hydrogen-bond donors (Lipinski definition) is 2. The smallest absolute Gasteiger partial charge is 0.291 e. The number of ether oxygens (including phenoxy) is 1. The molecule has 0 radical (unpaired) electrons. The topological polar surface area (TPSA) is 71.7 Å². The minimum absolute atomic E-state index is 0.0822. The van der Waals surface area contributed by atoms with Gasteiger partial charge in [0.15, 0.2) is 5.76 Å². The standard InChI is InChI=1S/C22H23NO4/c1-22(2,3)15-7-9-18(10-8-15)26-14-19-11-12-20(27-19)21(25)23-16-5-4-6-17(24)13-16/h4-13,24H,14H2,1-3H3,(H,23,25). The van der Waals surface area contributed by atoms with E-state index in [9.17, 15) is 9.90 Å². The van der Waals surface area contributed by atoms with Crippen molar-refractivity contribution in [2.24, 2.45) is 0 Å². The van der Waals surface area contributed by atoms with Crippen LogP contribution < -0.4 is 10.1 Å². The van der Waals surface area contributed by atoms with Gasteiger partial charge in [-0.25, -0.2) is 0 Å². The van der Waals surface area contributed by atoms with Crippen molar-refractivity contribution < 1.29 is 19.1 Å². The van der Waals surface area contributed by atoms with Crippen molar-refractivity contribution in [2.45, 2.75) is 32.8 Å². The molecular formula is C22H23NO4. The second kappa shape index (κ2) is 7.58. The Morgan fingerprint density at radius 1 is 1.07 bits per heavy atom. The van der Waals surface area contributed by atoms with Gasteiger partial charge in [0.1, 0.15) is 23.9 Å². The molecule has 5 nitrogen and oxygen atoms in total. The molecule has 1 amide bonds. The number of carbonyl (C=O) groups excluding carboxylic acids is 1. The largest absolute Gasteiger partial charge is 0.508 e. The average Bonchev–Trinajstić information content (AvgIpc) is 3.09. The highest BCUT2D eigenvalue weighted by atomic mass is 16.5. The van der Waals surface area contributed by atoms with Crippen LogP contribution in [0.1, 0.15) is 42.6 Å². The summed E-state index contributed by atoms with van der Waals surface area (Å²) in [6.07, 6.45) is 0. The fourth-order valence-corrected chi connectivity index (χ4v) is 2.56. The Hall–Kier alpha value is -3.21. The number of nitrogens with one attached hydrogen (secondary N) is 1. The summed E-state index contributed by atoms with van der Waals surface area (Å²) in [5.74, 6) is 1.17. The normalized spacial score (nSPS) is 11.2. The fourth-order valence-electron chi connectivity index (χ4n) is 2.56. The van der Waals surface area contributed by atoms with Gasteiger partial charge in [0.2, 0.25) is 0 Å². The number of phenolic OH excluding ortho intramolecular Hbond substituents is 1. The van der Waals surface area contributed by atoms with Crippen LogP contribution in [0.5, 0.6) is 11.5 Å². The zero-order chi connectivity index (χ0) is 19.4. The van der Waals surface area contributed by atoms with Crippen LogP contribution in [0.25, 0.3) is 0 Å². The van der Waals surface area contributed by atoms with Gasteiger partial charge in [0, 0.05) is 11.8 Å². The third-order valence-electron chi connectivity index (χ3n) is 4.09. The molecule has 27 heavy (non-hydrogen) atoms. The number of aromatic hydroxyl groups is 1. The molecule has 0 fully saturated rings. The van der Waals surface area contributed by atoms with E-state index in [-0.39, 0.29) is 29.4 Å². The molecule has 0 aliphatic rings. The van der Waals surface area contributed by atoms with E-state index >= 15 is 0 Å². The summed E-state index contributed by atoms with van der Waals surface area (Å²) in [6.45, 7) is 6.72. The van der Waals surface area contributed by atoms with Crippen LogP contribution in [0.3, 0.4) is 0 Å². The molecule has 0 saturated carbocycles. The quantitative estimate of drug-likeness (QED) is 0.659. The SMILES string of the molecule is CC(C)(C)c1ccc(OCc2ccc(C(=O)Nc3cccc(O)c3)o2)cc1. The van der Waals surface area contributed by atoms with Crippen LogP contribution in [0.15, 0.2) is 65.1 Å². The molecule has 2 N–H and O–H groups in total. The van der Waals surface area contributed by atoms with E-state index in [2.05, 4.69) is 26.1 Å². The van der Waals surface area contributed by atoms with E-state index in [1.54, 1.807) is 24.3 Å². The number of rotatable bonds is 5. The number of carbonyl (C=O) groups is 1. The van der Waals surface area contributed by atoms with E-state index in [1.807, 2.05) is 24.3 Å². The molecule has 3 rings (SSSR count). The molecule has 2 aromatic carbocycles. The molecule has 0 unspecified atom stereocenters. The number of benzene rings is 2. The lowest BCUT2D eigenvalue weighted by Crippen LogP contribution is -2.10. The first kappa shape index (κ1) is 18.6. The number of phenols is 1. The monoisotopic (exact) mass is 365 g/mol. The van der Waals surface area contributed by atoms with Gasteiger partial charge < -0.3 is 19.6 Å². The van der Waals surface area contributed by atoms with Gasteiger partial charge in [-0.1, -0.05) is 39.0 Å². The van der Waals surface area contributed by atoms with Crippen LogP contribution in [0.2, 0.25) is 0 Å². The molecule has 5 heteroatoms. The summed E-state index contributed by atoms with van der Waals surface area (Å²) in [7, 11) is 0. The van der Waals surface area contributed by atoms with Crippen molar-refractivity contribution in [3.8, 4) is 11.5 Å². The molecule has 0 aliphatic carbocycles. The second-order valence-electron chi connectivity index (χ2n) is 7.33. The number of hydrogen-bond acceptors (Lipinski definition) is 4. The molecule has 0 atom stereocenters. The number of furan rings is 1. The highest BCUT2D eigenvalue weighted by Crippen LogP contribution is 2.25. The predicted octanol–water partition coefficient (Wildman–Crippen LogP) is 5.11. The lowest BCUT2D eigenvalue weighted by molar-refractivity contribution is 0.0992. The van der Waals surface area contributed by atoms with Crippen molar-refractivity contribution in [1.82, 2.24) is 0 Å². The molecule has 1 aromatic heterocycles. The van der Waals surface area contributed by atoms with Gasteiger partial charge >= 0.3 is 0 Å². The number of anilines is 1. The van der Waals surface area contributed by atoms with E-state index in [0.717, 1.165) is 5.75 Å². The molecule has 0 spiro atoms. The van der Waals surface area contributed by atoms with E-state index in [0.29, 0.717) is 11.4 Å². The molecule has 140 valence electrons. The first-order valence-electron chi connectivity index (χ1n) is 8.74. The van der Waals surface area contributed by atoms with Crippen LogP contribution >= 0.6 is 0 Å². The van der Waals surface area contributed by atoms with Crippen LogP contribution in [-0.4, -0.2) is 11.0 Å². The van der Waals surface area contributed by atoms with Crippen LogP contribution in [0, 0.1) is 0 Å². The van der Waals surface area contributed by atoms with Crippen LogP contribution in [0.4, 0.5) is 5.69 Å². The van der Waals surface area contributed by atoms with Crippen molar-refractivity contribution in [3.63, 3.8) is 0 Å². The third-order valence-corrected chi connectivity index (χ3v) is 4.09. The summed E-state index contributed by atoms with van der Waals surface area (Å²) in [5, 5.41) is 12.1. The lowest BCUT2D eigenvalue weighted by atomic mass is 9.87. The van der Waals surface area contributed by atoms with E-state index in [1.165, 1.54) is 17.7 Å². The van der Waals surface area contributed by atoms with Gasteiger partial charge in [-0.15, -0.1) is 0 Å². The van der Waals surface area contributed by atoms with Gasteiger partial charge in [0.05, 0.1) is 0 Å². The Bertz CT molecular complexity index is 920. The Morgan fingerprint density at radius 2 is 1.81 bits per heavy atom. The Morgan fingerprint density at radius 3 is 2.48 bits per heavy atom. The average molecular weight is 365 g/mol. The van der Waals surface area contributed by atoms with Gasteiger partial charge in [-0.05, 0) is 47.4 Å². The van der Waals surface area contributed by atoms with E-state index < -0.39 is 0 Å². The zero-order valence-electron chi connectivity index (χ0n) is 15.7. The fraction of sp³-hybridized carbons (Fsp3) is 0.227. The van der Waals surface area contributed by atoms with Gasteiger partial charge in [-0.2, -0.15) is 0 Å². The predicted molar refractivity (Wildman–Crippen MR) is 104 cm³/mol.